The summed E-state index contributed by atoms with van der Waals surface area (Å²) in [4.78, 5) is 36.8. The first-order valence-corrected chi connectivity index (χ1v) is 10.1. The summed E-state index contributed by atoms with van der Waals surface area (Å²) in [5.41, 5.74) is 1.58. The molecule has 8 nitrogen and oxygen atoms in total. The SMILES string of the molecule is COc1ccccc1CC(=O)N1CCC(NC(=O)C=Cc2ccc([N+](=O)[O-])cc2)CC1. The van der Waals surface area contributed by atoms with Gasteiger partial charge in [0.1, 0.15) is 5.75 Å². The zero-order chi connectivity index (χ0) is 22.2. The Hall–Kier alpha value is -3.68. The van der Waals surface area contributed by atoms with Gasteiger partial charge in [-0.05, 0) is 42.7 Å². The molecule has 0 bridgehead atoms. The number of piperidine rings is 1. The standard InChI is InChI=1S/C23H25N3O5/c1-31-21-5-3-2-4-18(21)16-23(28)25-14-12-19(13-15-25)24-22(27)11-8-17-6-9-20(10-7-17)26(29)30/h2-11,19H,12-16H2,1H3,(H,24,27). The van der Waals surface area contributed by atoms with Crippen LogP contribution < -0.4 is 10.1 Å². The molecule has 2 aromatic rings. The minimum absolute atomic E-state index is 0.00400. The number of hydrogen-bond donors (Lipinski definition) is 1. The number of nitro benzene ring substituents is 1. The number of non-ortho nitro benzene ring substituents is 1. The number of nitrogens with one attached hydrogen (secondary N) is 1. The average Bonchev–Trinajstić information content (AvgIpc) is 2.78. The van der Waals surface area contributed by atoms with Gasteiger partial charge in [-0.2, -0.15) is 0 Å². The smallest absolute Gasteiger partial charge is 0.269 e. The molecular formula is C23H25N3O5. The molecule has 2 amide bonds. The van der Waals surface area contributed by atoms with Crippen molar-refractivity contribution < 1.29 is 19.2 Å². The van der Waals surface area contributed by atoms with Crippen molar-refractivity contribution in [3.63, 3.8) is 0 Å². The van der Waals surface area contributed by atoms with E-state index in [-0.39, 0.29) is 23.5 Å². The van der Waals surface area contributed by atoms with Crippen LogP contribution in [0.5, 0.6) is 5.75 Å². The Labute approximate surface area is 180 Å². The first kappa shape index (κ1) is 22.0. The molecule has 1 aliphatic rings. The number of hydrogen-bond acceptors (Lipinski definition) is 5. The van der Waals surface area contributed by atoms with Crippen molar-refractivity contribution in [1.29, 1.82) is 0 Å². The summed E-state index contributed by atoms with van der Waals surface area (Å²) in [5, 5.41) is 13.6. The van der Waals surface area contributed by atoms with Crippen molar-refractivity contribution in [2.75, 3.05) is 20.2 Å². The number of para-hydroxylation sites is 1. The fraction of sp³-hybridized carbons (Fsp3) is 0.304. The molecule has 0 radical (unpaired) electrons. The topological polar surface area (TPSA) is 102 Å². The third-order valence-electron chi connectivity index (χ3n) is 5.26. The summed E-state index contributed by atoms with van der Waals surface area (Å²) in [6.45, 7) is 1.18. The molecule has 8 heteroatoms. The van der Waals surface area contributed by atoms with Crippen LogP contribution in [0.15, 0.2) is 54.6 Å². The summed E-state index contributed by atoms with van der Waals surface area (Å²) in [6.07, 6.45) is 4.70. The Bertz CT molecular complexity index is 963. The lowest BCUT2D eigenvalue weighted by Gasteiger charge is -2.32. The molecule has 31 heavy (non-hydrogen) atoms. The molecule has 1 saturated heterocycles. The molecule has 2 aromatic carbocycles. The fourth-order valence-electron chi connectivity index (χ4n) is 3.53. The summed E-state index contributed by atoms with van der Waals surface area (Å²) in [6, 6.07) is 13.5. The van der Waals surface area contributed by atoms with Crippen LogP contribution in [0.1, 0.15) is 24.0 Å². The molecule has 1 aliphatic heterocycles. The van der Waals surface area contributed by atoms with Crippen LogP contribution in [0.3, 0.4) is 0 Å². The van der Waals surface area contributed by atoms with E-state index in [1.165, 1.54) is 18.2 Å². The Morgan fingerprint density at radius 2 is 1.84 bits per heavy atom. The molecule has 0 unspecified atom stereocenters. The van der Waals surface area contributed by atoms with E-state index in [1.54, 1.807) is 25.3 Å². The molecule has 3 rings (SSSR count). The second-order valence-electron chi connectivity index (χ2n) is 7.33. The molecule has 0 aromatic heterocycles. The van der Waals surface area contributed by atoms with Crippen LogP contribution in [0.25, 0.3) is 6.08 Å². The maximum absolute atomic E-state index is 12.6. The zero-order valence-electron chi connectivity index (χ0n) is 17.3. The first-order chi connectivity index (χ1) is 15.0. The van der Waals surface area contributed by atoms with Crippen LogP contribution in [0.4, 0.5) is 5.69 Å². The lowest BCUT2D eigenvalue weighted by molar-refractivity contribution is -0.384. The second kappa shape index (κ2) is 10.4. The number of carbonyl (C=O) groups excluding carboxylic acids is 2. The molecular weight excluding hydrogens is 398 g/mol. The van der Waals surface area contributed by atoms with Crippen LogP contribution in [-0.4, -0.2) is 47.9 Å². The highest BCUT2D eigenvalue weighted by atomic mass is 16.6. The van der Waals surface area contributed by atoms with E-state index in [9.17, 15) is 19.7 Å². The highest BCUT2D eigenvalue weighted by Crippen LogP contribution is 2.20. The molecule has 0 atom stereocenters. The monoisotopic (exact) mass is 423 g/mol. The van der Waals surface area contributed by atoms with E-state index in [0.717, 1.165) is 5.56 Å². The van der Waals surface area contributed by atoms with Crippen molar-refractivity contribution >= 4 is 23.6 Å². The van der Waals surface area contributed by atoms with Gasteiger partial charge in [0.2, 0.25) is 11.8 Å². The van der Waals surface area contributed by atoms with Crippen LogP contribution >= 0.6 is 0 Å². The normalized spacial score (nSPS) is 14.4. The van der Waals surface area contributed by atoms with E-state index in [1.807, 2.05) is 29.2 Å². The molecule has 162 valence electrons. The first-order valence-electron chi connectivity index (χ1n) is 10.1. The van der Waals surface area contributed by atoms with Gasteiger partial charge in [-0.3, -0.25) is 19.7 Å². The lowest BCUT2D eigenvalue weighted by atomic mass is 10.0. The zero-order valence-corrected chi connectivity index (χ0v) is 17.3. The summed E-state index contributed by atoms with van der Waals surface area (Å²) < 4.78 is 5.31. The molecule has 1 fully saturated rings. The molecule has 0 aliphatic carbocycles. The van der Waals surface area contributed by atoms with Gasteiger partial charge >= 0.3 is 0 Å². The van der Waals surface area contributed by atoms with Gasteiger partial charge in [0.15, 0.2) is 0 Å². The average molecular weight is 423 g/mol. The summed E-state index contributed by atoms with van der Waals surface area (Å²) >= 11 is 0. The van der Waals surface area contributed by atoms with Crippen molar-refractivity contribution in [1.82, 2.24) is 10.2 Å². The third-order valence-corrected chi connectivity index (χ3v) is 5.26. The molecule has 1 N–H and O–H groups in total. The highest BCUT2D eigenvalue weighted by Gasteiger charge is 2.24. The molecule has 0 saturated carbocycles. The Morgan fingerprint density at radius 1 is 1.16 bits per heavy atom. The molecule has 0 spiro atoms. The Morgan fingerprint density at radius 3 is 2.48 bits per heavy atom. The van der Waals surface area contributed by atoms with Crippen molar-refractivity contribution in [3.05, 3.63) is 75.8 Å². The minimum atomic E-state index is -0.465. The number of ether oxygens (including phenoxy) is 1. The largest absolute Gasteiger partial charge is 0.496 e. The van der Waals surface area contributed by atoms with Crippen molar-refractivity contribution in [2.45, 2.75) is 25.3 Å². The van der Waals surface area contributed by atoms with Crippen molar-refractivity contribution in [3.8, 4) is 5.75 Å². The maximum Gasteiger partial charge on any atom is 0.269 e. The summed E-state index contributed by atoms with van der Waals surface area (Å²) in [5.74, 6) is 0.530. The van der Waals surface area contributed by atoms with Gasteiger partial charge in [-0.15, -0.1) is 0 Å². The number of nitro groups is 1. The number of methoxy groups -OCH3 is 1. The van der Waals surface area contributed by atoms with Gasteiger partial charge in [-0.1, -0.05) is 18.2 Å². The van der Waals surface area contributed by atoms with Crippen molar-refractivity contribution in [2.24, 2.45) is 0 Å². The van der Waals surface area contributed by atoms with E-state index in [2.05, 4.69) is 5.32 Å². The minimum Gasteiger partial charge on any atom is -0.496 e. The number of likely N-dealkylation sites (tertiary alicyclic amines) is 1. The van der Waals surface area contributed by atoms with Crippen LogP contribution in [0.2, 0.25) is 0 Å². The van der Waals surface area contributed by atoms with Gasteiger partial charge in [0.05, 0.1) is 18.5 Å². The quantitative estimate of drug-likeness (QED) is 0.419. The van der Waals surface area contributed by atoms with Crippen LogP contribution in [-0.2, 0) is 16.0 Å². The van der Waals surface area contributed by atoms with Gasteiger partial charge in [0.25, 0.3) is 5.69 Å². The predicted octanol–water partition coefficient (Wildman–Crippen LogP) is 2.97. The number of rotatable bonds is 7. The number of benzene rings is 2. The molecule has 1 heterocycles. The van der Waals surface area contributed by atoms with E-state index in [4.69, 9.17) is 4.74 Å². The Kier molecular flexibility index (Phi) is 7.37. The van der Waals surface area contributed by atoms with Crippen LogP contribution in [0, 0.1) is 10.1 Å². The van der Waals surface area contributed by atoms with E-state index < -0.39 is 4.92 Å². The van der Waals surface area contributed by atoms with E-state index >= 15 is 0 Å². The van der Waals surface area contributed by atoms with Gasteiger partial charge in [-0.25, -0.2) is 0 Å². The van der Waals surface area contributed by atoms with E-state index in [0.29, 0.717) is 43.7 Å². The number of carbonyl (C=O) groups is 2. The number of amides is 2. The Balaban J connectivity index is 1.45. The third kappa shape index (κ3) is 6.15. The fourth-order valence-corrected chi connectivity index (χ4v) is 3.53. The number of nitrogens with zero attached hydrogens (tertiary/aromatic N) is 2. The highest BCUT2D eigenvalue weighted by molar-refractivity contribution is 5.92. The van der Waals surface area contributed by atoms with Gasteiger partial charge < -0.3 is 15.0 Å². The maximum atomic E-state index is 12.6. The van der Waals surface area contributed by atoms with Gasteiger partial charge in [0, 0.05) is 42.9 Å². The predicted molar refractivity (Wildman–Crippen MR) is 117 cm³/mol. The lowest BCUT2D eigenvalue weighted by Crippen LogP contribution is -2.46. The summed E-state index contributed by atoms with van der Waals surface area (Å²) in [7, 11) is 1.59. The second-order valence-corrected chi connectivity index (χ2v) is 7.33.